The molecule has 5 heteroatoms. The van der Waals surface area contributed by atoms with Crippen LogP contribution in [-0.2, 0) is 9.47 Å². The molecule has 5 nitrogen and oxygen atoms in total. The molecule has 0 bridgehead atoms. The molecular formula is C27H50O5. The lowest BCUT2D eigenvalue weighted by Gasteiger charge is -2.45. The van der Waals surface area contributed by atoms with E-state index in [1.54, 1.807) is 0 Å². The van der Waals surface area contributed by atoms with Crippen LogP contribution >= 0.6 is 0 Å². The fourth-order valence-electron chi connectivity index (χ4n) is 6.74. The molecule has 188 valence electrons. The van der Waals surface area contributed by atoms with Gasteiger partial charge in [0.15, 0.2) is 0 Å². The van der Waals surface area contributed by atoms with E-state index in [2.05, 4.69) is 41.5 Å². The third-order valence-electron chi connectivity index (χ3n) is 8.29. The van der Waals surface area contributed by atoms with Gasteiger partial charge in [0, 0.05) is 0 Å². The quantitative estimate of drug-likeness (QED) is 0.418. The summed E-state index contributed by atoms with van der Waals surface area (Å²) in [5.74, 6) is 1.49. The summed E-state index contributed by atoms with van der Waals surface area (Å²) in [5.41, 5.74) is -0.0444. The number of aliphatic hydroxyl groups is 2. The zero-order valence-corrected chi connectivity index (χ0v) is 21.9. The highest BCUT2D eigenvalue weighted by Gasteiger charge is 2.44. The topological polar surface area (TPSA) is 76.0 Å². The number of ether oxygens (including phenoxy) is 2. The number of carbonyl (C=O) groups excluding carboxylic acids is 1. The monoisotopic (exact) mass is 454 g/mol. The van der Waals surface area contributed by atoms with Gasteiger partial charge in [-0.2, -0.15) is 0 Å². The van der Waals surface area contributed by atoms with Crippen LogP contribution in [0, 0.1) is 34.5 Å². The molecule has 2 saturated carbocycles. The zero-order chi connectivity index (χ0) is 24.3. The third kappa shape index (κ3) is 7.62. The van der Waals surface area contributed by atoms with Gasteiger partial charge in [-0.15, -0.1) is 0 Å². The highest BCUT2D eigenvalue weighted by Crippen LogP contribution is 2.47. The van der Waals surface area contributed by atoms with E-state index < -0.39 is 6.16 Å². The smallest absolute Gasteiger partial charge is 0.431 e. The van der Waals surface area contributed by atoms with Gasteiger partial charge in [0.1, 0.15) is 12.2 Å². The van der Waals surface area contributed by atoms with Crippen molar-refractivity contribution in [3.63, 3.8) is 0 Å². The number of carbonyl (C=O) groups is 1. The molecule has 0 aliphatic heterocycles. The third-order valence-corrected chi connectivity index (χ3v) is 8.29. The summed E-state index contributed by atoms with van der Waals surface area (Å²) < 4.78 is 12.1. The minimum absolute atomic E-state index is 0.0222. The van der Waals surface area contributed by atoms with Crippen LogP contribution in [0.3, 0.4) is 0 Å². The second-order valence-corrected chi connectivity index (χ2v) is 12.6. The van der Waals surface area contributed by atoms with Crippen molar-refractivity contribution in [3.05, 3.63) is 0 Å². The van der Waals surface area contributed by atoms with Gasteiger partial charge >= 0.3 is 6.16 Å². The molecule has 0 saturated heterocycles. The predicted octanol–water partition coefficient (Wildman–Crippen LogP) is 6.34. The van der Waals surface area contributed by atoms with Crippen molar-refractivity contribution in [3.8, 4) is 0 Å². The molecule has 0 spiro atoms. The van der Waals surface area contributed by atoms with E-state index >= 15 is 0 Å². The molecule has 0 amide bonds. The van der Waals surface area contributed by atoms with Crippen molar-refractivity contribution >= 4 is 6.16 Å². The number of aliphatic hydroxyl groups excluding tert-OH is 2. The molecule has 32 heavy (non-hydrogen) atoms. The minimum Gasteiger partial charge on any atom is -0.431 e. The molecule has 0 aromatic rings. The lowest BCUT2D eigenvalue weighted by molar-refractivity contribution is -0.0942. The van der Waals surface area contributed by atoms with Crippen LogP contribution in [0.15, 0.2) is 0 Å². The second kappa shape index (κ2) is 11.1. The van der Waals surface area contributed by atoms with Crippen LogP contribution in [0.4, 0.5) is 4.79 Å². The van der Waals surface area contributed by atoms with Crippen molar-refractivity contribution in [2.45, 2.75) is 131 Å². The molecule has 2 fully saturated rings. The van der Waals surface area contributed by atoms with Gasteiger partial charge in [-0.25, -0.2) is 4.79 Å². The van der Waals surface area contributed by atoms with E-state index in [4.69, 9.17) is 9.47 Å². The van der Waals surface area contributed by atoms with Crippen LogP contribution in [-0.4, -0.2) is 40.8 Å². The largest absolute Gasteiger partial charge is 0.508 e. The average molecular weight is 455 g/mol. The molecule has 8 unspecified atom stereocenters. The zero-order valence-electron chi connectivity index (χ0n) is 21.9. The first-order valence-electron chi connectivity index (χ1n) is 13.0. The Kier molecular flexibility index (Phi) is 9.50. The van der Waals surface area contributed by atoms with E-state index in [-0.39, 0.29) is 35.2 Å². The average Bonchev–Trinajstić information content (AvgIpc) is 2.58. The van der Waals surface area contributed by atoms with Crippen molar-refractivity contribution in [1.29, 1.82) is 0 Å². The standard InChI is InChI=1S/C27H50O5/c1-17(2)21-9-11-26(7,13-19(5)28)15-23(21)31-25(30)32-24-16-27(8,14-20(6)29)12-10-22(24)18(3)4/h17-24,28-29H,9-16H2,1-8H3. The SMILES string of the molecule is CC(O)CC1(C)CCC(C(C)C)C(OC(=O)OC2CC(C)(CC(C)O)CCC2C(C)C)C1. The molecule has 2 rings (SSSR count). The van der Waals surface area contributed by atoms with Gasteiger partial charge in [-0.1, -0.05) is 41.5 Å². The molecule has 8 atom stereocenters. The molecule has 0 aromatic heterocycles. The predicted molar refractivity (Wildman–Crippen MR) is 128 cm³/mol. The number of rotatable bonds is 8. The maximum Gasteiger partial charge on any atom is 0.508 e. The molecule has 0 heterocycles. The highest BCUT2D eigenvalue weighted by atomic mass is 16.7. The Morgan fingerprint density at radius 1 is 0.781 bits per heavy atom. The van der Waals surface area contributed by atoms with Crippen LogP contribution < -0.4 is 0 Å². The number of hydrogen-bond donors (Lipinski definition) is 2. The Morgan fingerprint density at radius 2 is 1.12 bits per heavy atom. The van der Waals surface area contributed by atoms with Gasteiger partial charge in [-0.3, -0.25) is 0 Å². The normalized spacial score (nSPS) is 37.9. The number of hydrogen-bond acceptors (Lipinski definition) is 5. The first-order chi connectivity index (χ1) is 14.7. The Balaban J connectivity index is 2.10. The summed E-state index contributed by atoms with van der Waals surface area (Å²) in [5, 5.41) is 19.9. The van der Waals surface area contributed by atoms with E-state index in [9.17, 15) is 15.0 Å². The summed E-state index contributed by atoms with van der Waals surface area (Å²) in [6.45, 7) is 16.9. The molecule has 0 radical (unpaired) electrons. The summed E-state index contributed by atoms with van der Waals surface area (Å²) >= 11 is 0. The van der Waals surface area contributed by atoms with Crippen LogP contribution in [0.5, 0.6) is 0 Å². The van der Waals surface area contributed by atoms with Gasteiger partial charge in [0.05, 0.1) is 12.2 Å². The van der Waals surface area contributed by atoms with Gasteiger partial charge in [0.2, 0.25) is 0 Å². The fraction of sp³-hybridized carbons (Fsp3) is 0.963. The second-order valence-electron chi connectivity index (χ2n) is 12.6. The van der Waals surface area contributed by atoms with Crippen LogP contribution in [0.2, 0.25) is 0 Å². The first kappa shape index (κ1) is 27.4. The molecule has 2 aliphatic rings. The van der Waals surface area contributed by atoms with Crippen LogP contribution in [0.25, 0.3) is 0 Å². The van der Waals surface area contributed by atoms with E-state index in [1.165, 1.54) is 0 Å². The maximum atomic E-state index is 13.0. The Bertz CT molecular complexity index is 551. The molecule has 2 aliphatic carbocycles. The van der Waals surface area contributed by atoms with Gasteiger partial charge < -0.3 is 19.7 Å². The van der Waals surface area contributed by atoms with Gasteiger partial charge in [-0.05, 0) is 99.7 Å². The van der Waals surface area contributed by atoms with E-state index in [0.717, 1.165) is 51.4 Å². The Morgan fingerprint density at radius 3 is 1.41 bits per heavy atom. The highest BCUT2D eigenvalue weighted by molar-refractivity contribution is 5.60. The van der Waals surface area contributed by atoms with Crippen molar-refractivity contribution in [2.75, 3.05) is 0 Å². The summed E-state index contributed by atoms with van der Waals surface area (Å²) in [4.78, 5) is 13.0. The van der Waals surface area contributed by atoms with Crippen molar-refractivity contribution < 1.29 is 24.5 Å². The summed E-state index contributed by atoms with van der Waals surface area (Å²) in [6, 6.07) is 0. The lowest BCUT2D eigenvalue weighted by Crippen LogP contribution is -2.44. The first-order valence-corrected chi connectivity index (χ1v) is 13.0. The fourth-order valence-corrected chi connectivity index (χ4v) is 6.74. The van der Waals surface area contributed by atoms with E-state index in [1.807, 2.05) is 13.8 Å². The maximum absolute atomic E-state index is 13.0. The minimum atomic E-state index is -0.543. The molecule has 0 aromatic carbocycles. The van der Waals surface area contributed by atoms with Gasteiger partial charge in [0.25, 0.3) is 0 Å². The van der Waals surface area contributed by atoms with E-state index in [0.29, 0.717) is 23.7 Å². The van der Waals surface area contributed by atoms with Crippen LogP contribution in [0.1, 0.15) is 107 Å². The summed E-state index contributed by atoms with van der Waals surface area (Å²) in [7, 11) is 0. The molecule has 2 N–H and O–H groups in total. The van der Waals surface area contributed by atoms with Crippen molar-refractivity contribution in [2.24, 2.45) is 34.5 Å². The van der Waals surface area contributed by atoms with Crippen molar-refractivity contribution in [1.82, 2.24) is 0 Å². The Labute approximate surface area is 196 Å². The Hall–Kier alpha value is -0.810. The summed E-state index contributed by atoms with van der Waals surface area (Å²) in [6.07, 6.45) is 5.48. The lowest BCUT2D eigenvalue weighted by atomic mass is 9.65. The molecular weight excluding hydrogens is 404 g/mol.